The van der Waals surface area contributed by atoms with Gasteiger partial charge in [0.05, 0.1) is 19.1 Å². The SMILES string of the molecule is Nc1nc(N2CCN3C[C@@H](COc4cccnc4)CC[C@H]3C2)nc2nc(-c3ccco3)nn12. The lowest BCUT2D eigenvalue weighted by Gasteiger charge is -2.46. The van der Waals surface area contributed by atoms with Crippen LogP contribution in [0.3, 0.4) is 0 Å². The zero-order valence-electron chi connectivity index (χ0n) is 18.1. The van der Waals surface area contributed by atoms with E-state index in [0.29, 0.717) is 35.3 Å². The Labute approximate surface area is 190 Å². The van der Waals surface area contributed by atoms with Gasteiger partial charge < -0.3 is 19.8 Å². The van der Waals surface area contributed by atoms with Gasteiger partial charge in [-0.3, -0.25) is 9.88 Å². The standard InChI is InChI=1S/C22H25N9O2/c23-20-26-21(27-22-25-19(28-31(20)22)18-4-2-10-32-18)30-9-8-29-12-15(5-6-16(29)13-30)14-33-17-3-1-7-24-11-17/h1-4,7,10-11,15-16H,5-6,8-9,12-14H2,(H2,23,25,26,27,28)/t15-,16-/m0/s1. The molecule has 33 heavy (non-hydrogen) atoms. The first-order valence-electron chi connectivity index (χ1n) is 11.2. The average Bonchev–Trinajstić information content (AvgIpc) is 3.53. The summed E-state index contributed by atoms with van der Waals surface area (Å²) in [7, 11) is 0. The third-order valence-electron chi connectivity index (χ3n) is 6.37. The second-order valence-corrected chi connectivity index (χ2v) is 8.54. The molecule has 0 amide bonds. The molecular weight excluding hydrogens is 422 g/mol. The highest BCUT2D eigenvalue weighted by molar-refractivity contribution is 5.53. The molecule has 0 bridgehead atoms. The maximum Gasteiger partial charge on any atom is 0.259 e. The third-order valence-corrected chi connectivity index (χ3v) is 6.37. The van der Waals surface area contributed by atoms with Crippen molar-refractivity contribution in [1.29, 1.82) is 0 Å². The van der Waals surface area contributed by atoms with Crippen LogP contribution < -0.4 is 15.4 Å². The number of piperazine rings is 1. The van der Waals surface area contributed by atoms with Crippen molar-refractivity contribution in [3.8, 4) is 17.3 Å². The minimum absolute atomic E-state index is 0.263. The maximum atomic E-state index is 6.19. The summed E-state index contributed by atoms with van der Waals surface area (Å²) in [4.78, 5) is 22.5. The van der Waals surface area contributed by atoms with Crippen molar-refractivity contribution in [3.05, 3.63) is 42.9 Å². The van der Waals surface area contributed by atoms with E-state index >= 15 is 0 Å². The molecule has 6 heterocycles. The number of nitrogen functional groups attached to an aromatic ring is 1. The van der Waals surface area contributed by atoms with E-state index in [1.54, 1.807) is 30.8 Å². The number of nitrogens with zero attached hydrogens (tertiary/aromatic N) is 8. The van der Waals surface area contributed by atoms with E-state index < -0.39 is 0 Å². The van der Waals surface area contributed by atoms with Crippen LogP contribution in [-0.4, -0.2) is 73.3 Å². The number of hydrogen-bond acceptors (Lipinski definition) is 10. The number of furan rings is 1. The molecule has 2 atom stereocenters. The molecule has 0 unspecified atom stereocenters. The summed E-state index contributed by atoms with van der Waals surface area (Å²) in [5, 5.41) is 4.37. The van der Waals surface area contributed by atoms with E-state index in [4.69, 9.17) is 14.9 Å². The van der Waals surface area contributed by atoms with Crippen molar-refractivity contribution in [3.63, 3.8) is 0 Å². The highest BCUT2D eigenvalue weighted by atomic mass is 16.5. The topological polar surface area (TPSA) is 124 Å². The lowest BCUT2D eigenvalue weighted by atomic mass is 9.91. The zero-order valence-corrected chi connectivity index (χ0v) is 18.1. The Hall–Kier alpha value is -3.73. The van der Waals surface area contributed by atoms with Crippen molar-refractivity contribution < 1.29 is 9.15 Å². The lowest BCUT2D eigenvalue weighted by molar-refractivity contribution is 0.0725. The first kappa shape index (κ1) is 19.9. The first-order valence-corrected chi connectivity index (χ1v) is 11.2. The smallest absolute Gasteiger partial charge is 0.259 e. The van der Waals surface area contributed by atoms with Crippen molar-refractivity contribution in [2.45, 2.75) is 18.9 Å². The maximum absolute atomic E-state index is 6.19. The second kappa shape index (κ2) is 8.32. The summed E-state index contributed by atoms with van der Waals surface area (Å²) in [5.74, 6) is 3.64. The molecule has 0 radical (unpaired) electrons. The van der Waals surface area contributed by atoms with Crippen molar-refractivity contribution in [2.24, 2.45) is 5.92 Å². The fourth-order valence-corrected chi connectivity index (χ4v) is 4.67. The summed E-state index contributed by atoms with van der Waals surface area (Å²) in [5.41, 5.74) is 6.19. The van der Waals surface area contributed by atoms with Gasteiger partial charge in [0, 0.05) is 44.3 Å². The number of anilines is 2. The molecule has 2 fully saturated rings. The van der Waals surface area contributed by atoms with E-state index in [9.17, 15) is 0 Å². The number of hydrogen-bond donors (Lipinski definition) is 1. The summed E-state index contributed by atoms with van der Waals surface area (Å²) < 4.78 is 12.8. The number of pyridine rings is 1. The van der Waals surface area contributed by atoms with Gasteiger partial charge in [-0.2, -0.15) is 19.5 Å². The molecule has 0 aliphatic carbocycles. The van der Waals surface area contributed by atoms with Crippen LogP contribution in [0.25, 0.3) is 17.4 Å². The molecule has 4 aromatic rings. The summed E-state index contributed by atoms with van der Waals surface area (Å²) in [6.45, 7) is 4.41. The normalized spacial score (nSPS) is 21.3. The highest BCUT2D eigenvalue weighted by Gasteiger charge is 2.34. The van der Waals surface area contributed by atoms with Gasteiger partial charge in [-0.25, -0.2) is 0 Å². The van der Waals surface area contributed by atoms with Crippen LogP contribution in [0.1, 0.15) is 12.8 Å². The van der Waals surface area contributed by atoms with Crippen LogP contribution in [0, 0.1) is 5.92 Å². The zero-order chi connectivity index (χ0) is 22.2. The van der Waals surface area contributed by atoms with Gasteiger partial charge in [0.25, 0.3) is 5.78 Å². The molecule has 4 aromatic heterocycles. The fourth-order valence-electron chi connectivity index (χ4n) is 4.67. The van der Waals surface area contributed by atoms with Gasteiger partial charge in [0.1, 0.15) is 5.75 Å². The Kier molecular flexibility index (Phi) is 5.02. The van der Waals surface area contributed by atoms with Gasteiger partial charge in [-0.1, -0.05) is 0 Å². The highest BCUT2D eigenvalue weighted by Crippen LogP contribution is 2.28. The molecule has 2 aliphatic heterocycles. The Balaban J connectivity index is 1.12. The number of nitrogens with two attached hydrogens (primary N) is 1. The van der Waals surface area contributed by atoms with Gasteiger partial charge in [-0.15, -0.1) is 5.10 Å². The fraction of sp³-hybridized carbons (Fsp3) is 0.409. The number of ether oxygens (including phenoxy) is 1. The number of fused-ring (bicyclic) bond motifs is 2. The molecule has 0 aromatic carbocycles. The molecule has 11 heteroatoms. The minimum Gasteiger partial charge on any atom is -0.492 e. The van der Waals surface area contributed by atoms with Gasteiger partial charge in [0.2, 0.25) is 17.7 Å². The molecular formula is C22H25N9O2. The largest absolute Gasteiger partial charge is 0.492 e. The molecule has 2 aliphatic rings. The van der Waals surface area contributed by atoms with Crippen LogP contribution in [0.5, 0.6) is 5.75 Å². The molecule has 0 saturated carbocycles. The van der Waals surface area contributed by atoms with Crippen LogP contribution in [0.2, 0.25) is 0 Å². The quantitative estimate of drug-likeness (QED) is 0.484. The van der Waals surface area contributed by atoms with Crippen molar-refractivity contribution >= 4 is 17.7 Å². The Morgan fingerprint density at radius 2 is 2.06 bits per heavy atom. The second-order valence-electron chi connectivity index (χ2n) is 8.54. The Morgan fingerprint density at radius 1 is 1.09 bits per heavy atom. The lowest BCUT2D eigenvalue weighted by Crippen LogP contribution is -2.57. The number of piperidine rings is 1. The molecule has 11 nitrogen and oxygen atoms in total. The summed E-state index contributed by atoms with van der Waals surface area (Å²) in [6, 6.07) is 7.91. The predicted molar refractivity (Wildman–Crippen MR) is 121 cm³/mol. The van der Waals surface area contributed by atoms with E-state index in [0.717, 1.165) is 51.4 Å². The van der Waals surface area contributed by atoms with E-state index in [1.807, 2.05) is 12.1 Å². The number of rotatable bonds is 5. The third kappa shape index (κ3) is 3.95. The molecule has 2 N–H and O–H groups in total. The van der Waals surface area contributed by atoms with E-state index in [-0.39, 0.29) is 5.95 Å². The van der Waals surface area contributed by atoms with Gasteiger partial charge in [-0.05, 0) is 37.1 Å². The van der Waals surface area contributed by atoms with E-state index in [1.165, 1.54) is 4.52 Å². The number of aromatic nitrogens is 6. The Morgan fingerprint density at radius 3 is 2.91 bits per heavy atom. The van der Waals surface area contributed by atoms with Crippen LogP contribution in [-0.2, 0) is 0 Å². The summed E-state index contributed by atoms with van der Waals surface area (Å²) in [6.07, 6.45) is 7.35. The van der Waals surface area contributed by atoms with Crippen LogP contribution >= 0.6 is 0 Å². The minimum atomic E-state index is 0.263. The average molecular weight is 448 g/mol. The molecule has 6 rings (SSSR count). The predicted octanol–water partition coefficient (Wildman–Crippen LogP) is 1.74. The molecule has 0 spiro atoms. The monoisotopic (exact) mass is 447 g/mol. The first-order chi connectivity index (χ1) is 16.2. The van der Waals surface area contributed by atoms with Crippen molar-refractivity contribution in [1.82, 2.24) is 34.4 Å². The van der Waals surface area contributed by atoms with E-state index in [2.05, 4.69) is 34.8 Å². The van der Waals surface area contributed by atoms with Crippen molar-refractivity contribution in [2.75, 3.05) is 43.4 Å². The van der Waals surface area contributed by atoms with Gasteiger partial charge >= 0.3 is 0 Å². The molecule has 2 saturated heterocycles. The van der Waals surface area contributed by atoms with Gasteiger partial charge in [0.15, 0.2) is 5.76 Å². The van der Waals surface area contributed by atoms with Crippen LogP contribution in [0.15, 0.2) is 47.3 Å². The summed E-state index contributed by atoms with van der Waals surface area (Å²) >= 11 is 0. The Bertz CT molecular complexity index is 1230. The van der Waals surface area contributed by atoms with Crippen LogP contribution in [0.4, 0.5) is 11.9 Å². The molecule has 170 valence electrons.